The Hall–Kier alpha value is -1.30. The van der Waals surface area contributed by atoms with Crippen molar-refractivity contribution in [3.63, 3.8) is 0 Å². The number of Topliss-reactive ketones (excluding diaryl/α,β-unsaturated/α-hetero) is 1. The first-order chi connectivity index (χ1) is 8.08. The molecule has 1 aliphatic carbocycles. The zero-order valence-corrected chi connectivity index (χ0v) is 9.57. The highest BCUT2D eigenvalue weighted by molar-refractivity contribution is 5.96. The van der Waals surface area contributed by atoms with Crippen LogP contribution in [0.15, 0.2) is 4.42 Å². The maximum atomic E-state index is 13.0. The highest BCUT2D eigenvalue weighted by Gasteiger charge is 2.45. The Bertz CT molecular complexity index is 455. The lowest BCUT2D eigenvalue weighted by molar-refractivity contribution is 0.0912. The van der Waals surface area contributed by atoms with E-state index in [9.17, 15) is 9.18 Å². The summed E-state index contributed by atoms with van der Waals surface area (Å²) >= 11 is 0. The van der Waals surface area contributed by atoms with Gasteiger partial charge in [-0.2, -0.15) is 0 Å². The third-order valence-corrected chi connectivity index (χ3v) is 3.55. The first-order valence-corrected chi connectivity index (χ1v) is 5.84. The number of rotatable bonds is 3. The zero-order chi connectivity index (χ0) is 12.0. The van der Waals surface area contributed by atoms with Crippen molar-refractivity contribution in [2.24, 2.45) is 0 Å². The maximum absolute atomic E-state index is 13.0. The second-order valence-corrected chi connectivity index (χ2v) is 5.13. The van der Waals surface area contributed by atoms with E-state index in [2.05, 4.69) is 15.5 Å². The van der Waals surface area contributed by atoms with Crippen LogP contribution in [0.4, 0.5) is 4.39 Å². The van der Waals surface area contributed by atoms with Gasteiger partial charge in [-0.25, -0.2) is 4.39 Å². The average Bonchev–Trinajstić information content (AvgIpc) is 2.78. The van der Waals surface area contributed by atoms with Crippen LogP contribution in [0.1, 0.15) is 42.8 Å². The van der Waals surface area contributed by atoms with Crippen LogP contribution in [0.2, 0.25) is 0 Å². The van der Waals surface area contributed by atoms with Gasteiger partial charge in [0.15, 0.2) is 0 Å². The van der Waals surface area contributed by atoms with Gasteiger partial charge in [-0.1, -0.05) is 6.92 Å². The van der Waals surface area contributed by atoms with Gasteiger partial charge < -0.3 is 9.73 Å². The molecule has 0 aromatic carbocycles. The van der Waals surface area contributed by atoms with Crippen LogP contribution in [-0.2, 0) is 5.41 Å². The summed E-state index contributed by atoms with van der Waals surface area (Å²) in [6.45, 7) is 2.25. The number of ketones is 1. The molecular formula is C11H14FN3O2. The van der Waals surface area contributed by atoms with Gasteiger partial charge in [0.1, 0.15) is 6.17 Å². The van der Waals surface area contributed by atoms with E-state index >= 15 is 0 Å². The number of nitrogens with one attached hydrogen (secondary N) is 1. The van der Waals surface area contributed by atoms with Crippen LogP contribution >= 0.6 is 0 Å². The fraction of sp³-hybridized carbons (Fsp3) is 0.727. The molecule has 1 aromatic rings. The van der Waals surface area contributed by atoms with Crippen molar-refractivity contribution in [2.45, 2.75) is 43.8 Å². The van der Waals surface area contributed by atoms with Crippen molar-refractivity contribution in [2.75, 3.05) is 6.54 Å². The molecule has 0 radical (unpaired) electrons. The molecule has 0 unspecified atom stereocenters. The van der Waals surface area contributed by atoms with Crippen LogP contribution in [0.25, 0.3) is 0 Å². The van der Waals surface area contributed by atoms with Gasteiger partial charge >= 0.3 is 0 Å². The molecule has 1 saturated carbocycles. The topological polar surface area (TPSA) is 68.0 Å². The predicted molar refractivity (Wildman–Crippen MR) is 56.5 cm³/mol. The second kappa shape index (κ2) is 3.60. The minimum atomic E-state index is -0.965. The summed E-state index contributed by atoms with van der Waals surface area (Å²) < 4.78 is 18.4. The number of hydrogen-bond donors (Lipinski definition) is 1. The molecule has 0 bridgehead atoms. The Morgan fingerprint density at radius 2 is 2.29 bits per heavy atom. The SMILES string of the molecule is CC1(c2nnc(C(=O)[C@@H]3C[C@H](F)CN3)o2)CC1. The molecule has 2 fully saturated rings. The summed E-state index contributed by atoms with van der Waals surface area (Å²) in [4.78, 5) is 11.9. The molecule has 0 spiro atoms. The summed E-state index contributed by atoms with van der Waals surface area (Å²) in [7, 11) is 0. The van der Waals surface area contributed by atoms with Gasteiger partial charge in [-0.3, -0.25) is 4.79 Å². The molecule has 3 rings (SSSR count). The number of halogens is 1. The molecular weight excluding hydrogens is 225 g/mol. The van der Waals surface area contributed by atoms with Crippen LogP contribution in [-0.4, -0.2) is 34.7 Å². The number of nitrogens with zero attached hydrogens (tertiary/aromatic N) is 2. The lowest BCUT2D eigenvalue weighted by Gasteiger charge is -2.04. The highest BCUT2D eigenvalue weighted by Crippen LogP contribution is 2.46. The third-order valence-electron chi connectivity index (χ3n) is 3.55. The number of carbonyl (C=O) groups is 1. The fourth-order valence-corrected chi connectivity index (χ4v) is 2.01. The standard InChI is InChI=1S/C11H14FN3O2/c1-11(2-3-11)10-15-14-9(17-10)8(16)7-4-6(12)5-13-7/h6-7,13H,2-5H2,1H3/t6-,7-/m0/s1. The van der Waals surface area contributed by atoms with Crippen molar-refractivity contribution in [1.82, 2.24) is 15.5 Å². The van der Waals surface area contributed by atoms with Crippen molar-refractivity contribution in [1.29, 1.82) is 0 Å². The first kappa shape index (κ1) is 10.8. The van der Waals surface area contributed by atoms with E-state index in [-0.39, 0.29) is 30.1 Å². The van der Waals surface area contributed by atoms with Gasteiger partial charge in [-0.05, 0) is 12.8 Å². The smallest absolute Gasteiger partial charge is 0.285 e. The lowest BCUT2D eigenvalue weighted by atomic mass is 10.1. The summed E-state index contributed by atoms with van der Waals surface area (Å²) in [5.74, 6) is 0.225. The molecule has 1 aliphatic heterocycles. The van der Waals surface area contributed by atoms with Crippen molar-refractivity contribution in [3.8, 4) is 0 Å². The van der Waals surface area contributed by atoms with E-state index in [0.29, 0.717) is 5.89 Å². The second-order valence-electron chi connectivity index (χ2n) is 5.13. The summed E-state index contributed by atoms with van der Waals surface area (Å²) in [5, 5.41) is 10.5. The van der Waals surface area contributed by atoms with Crippen molar-refractivity contribution >= 4 is 5.78 Å². The molecule has 1 aromatic heterocycles. The molecule has 1 saturated heterocycles. The van der Waals surface area contributed by atoms with E-state index < -0.39 is 12.2 Å². The molecule has 92 valence electrons. The lowest BCUT2D eigenvalue weighted by Crippen LogP contribution is -2.30. The first-order valence-electron chi connectivity index (χ1n) is 5.84. The van der Waals surface area contributed by atoms with Crippen molar-refractivity contribution < 1.29 is 13.6 Å². The number of aromatic nitrogens is 2. The molecule has 2 atom stereocenters. The normalized spacial score (nSPS) is 30.5. The Labute approximate surface area is 97.8 Å². The van der Waals surface area contributed by atoms with E-state index in [0.717, 1.165) is 12.8 Å². The van der Waals surface area contributed by atoms with Crippen LogP contribution in [0.5, 0.6) is 0 Å². The molecule has 1 N–H and O–H groups in total. The summed E-state index contributed by atoms with van der Waals surface area (Å²) in [6.07, 6.45) is 1.24. The van der Waals surface area contributed by atoms with E-state index in [1.807, 2.05) is 6.92 Å². The van der Waals surface area contributed by atoms with Crippen LogP contribution in [0.3, 0.4) is 0 Å². The quantitative estimate of drug-likeness (QED) is 0.797. The minimum absolute atomic E-state index is 0.000255. The number of hydrogen-bond acceptors (Lipinski definition) is 5. The van der Waals surface area contributed by atoms with Crippen LogP contribution < -0.4 is 5.32 Å². The fourth-order valence-electron chi connectivity index (χ4n) is 2.01. The van der Waals surface area contributed by atoms with E-state index in [4.69, 9.17) is 4.42 Å². The van der Waals surface area contributed by atoms with Gasteiger partial charge in [0.2, 0.25) is 11.7 Å². The Morgan fingerprint density at radius 1 is 1.53 bits per heavy atom. The largest absolute Gasteiger partial charge is 0.418 e. The molecule has 0 amide bonds. The van der Waals surface area contributed by atoms with Gasteiger partial charge in [-0.15, -0.1) is 10.2 Å². The molecule has 6 heteroatoms. The monoisotopic (exact) mass is 239 g/mol. The Balaban J connectivity index is 1.75. The summed E-state index contributed by atoms with van der Waals surface area (Å²) in [6, 6.07) is -0.523. The van der Waals surface area contributed by atoms with E-state index in [1.54, 1.807) is 0 Å². The average molecular weight is 239 g/mol. The molecule has 5 nitrogen and oxygen atoms in total. The zero-order valence-electron chi connectivity index (χ0n) is 9.57. The molecule has 17 heavy (non-hydrogen) atoms. The number of carbonyl (C=O) groups excluding carboxylic acids is 1. The molecule has 2 heterocycles. The maximum Gasteiger partial charge on any atom is 0.285 e. The minimum Gasteiger partial charge on any atom is -0.418 e. The van der Waals surface area contributed by atoms with Crippen LogP contribution in [0, 0.1) is 0 Å². The van der Waals surface area contributed by atoms with E-state index in [1.165, 1.54) is 0 Å². The third kappa shape index (κ3) is 1.86. The van der Waals surface area contributed by atoms with Gasteiger partial charge in [0, 0.05) is 18.4 Å². The summed E-state index contributed by atoms with van der Waals surface area (Å²) in [5.41, 5.74) is -0.0444. The predicted octanol–water partition coefficient (Wildman–Crippen LogP) is 1.00. The highest BCUT2D eigenvalue weighted by atomic mass is 19.1. The van der Waals surface area contributed by atoms with Gasteiger partial charge in [0.25, 0.3) is 5.89 Å². The Morgan fingerprint density at radius 3 is 2.88 bits per heavy atom. The Kier molecular flexibility index (Phi) is 2.29. The molecule has 2 aliphatic rings. The van der Waals surface area contributed by atoms with Gasteiger partial charge in [0.05, 0.1) is 6.04 Å². The van der Waals surface area contributed by atoms with Crippen molar-refractivity contribution in [3.05, 3.63) is 11.8 Å². The number of alkyl halides is 1.